The number of carbonyl (C=O) groups is 2. The number of nitrogens with zero attached hydrogens (tertiary/aromatic N) is 1. The van der Waals surface area contributed by atoms with Crippen molar-refractivity contribution in [2.45, 2.75) is 290 Å². The van der Waals surface area contributed by atoms with Gasteiger partial charge in [0, 0.05) is 12.8 Å². The van der Waals surface area contributed by atoms with E-state index in [1.807, 2.05) is 94.1 Å². The number of carbonyl (C=O) groups excluding carboxylic acids is 2. The number of unbranched alkanes of at least 4 members (excludes halogenated alkanes) is 34. The zero-order valence-corrected chi connectivity index (χ0v) is 51.8. The summed E-state index contributed by atoms with van der Waals surface area (Å²) in [6.45, 7) is 6.86. The standard InChI is InChI=1S/C67H121N2O7P/c1-7-10-13-16-19-22-25-28-30-32-33-34-35-37-38-41-44-47-50-53-56-59-66(70)68-64(63-75-77(72,73)74-62-61-69(4,5)6)65(58-55-52-49-46-43-40-27-24-21-18-15-12-9-3)76-67(71)60-57-54-51-48-45-42-39-36-31-29-26-23-20-17-14-11-8-2/h11,14,17,20,23,26,29,31,36,39,42,45,55,58,64-65H,7-10,12-13,15-16,18-19,21-22,24-25,27-28,30,32-35,37-38,40-41,43-44,46-54,56-57,59-63H2,1-6H3,(H-,68,70,72,73)/p+1/b14-11-,20-17+,26-23+,31-29-,39-36+,45-42+,58-55+. The number of phosphoric acid groups is 1. The highest BCUT2D eigenvalue weighted by molar-refractivity contribution is 7.47. The van der Waals surface area contributed by atoms with E-state index in [0.717, 1.165) is 64.2 Å². The first-order valence-electron chi connectivity index (χ1n) is 32.0. The van der Waals surface area contributed by atoms with E-state index in [9.17, 15) is 19.0 Å². The Hall–Kier alpha value is -2.81. The number of phosphoric ester groups is 1. The van der Waals surface area contributed by atoms with Gasteiger partial charge in [0.1, 0.15) is 19.3 Å². The number of hydrogen-bond donors (Lipinski definition) is 2. The molecule has 0 aliphatic rings. The molecule has 0 aliphatic heterocycles. The molecule has 3 atom stereocenters. The molecule has 2 N–H and O–H groups in total. The van der Waals surface area contributed by atoms with Crippen LogP contribution in [0.1, 0.15) is 278 Å². The maximum atomic E-state index is 13.6. The first kappa shape index (κ1) is 74.2. The molecule has 0 rings (SSSR count). The number of nitrogens with one attached hydrogen (secondary N) is 1. The molecule has 0 aliphatic carbocycles. The van der Waals surface area contributed by atoms with E-state index in [-0.39, 0.29) is 31.5 Å². The molecule has 9 nitrogen and oxygen atoms in total. The molecule has 0 radical (unpaired) electrons. The molecule has 3 unspecified atom stereocenters. The zero-order valence-electron chi connectivity index (χ0n) is 50.9. The van der Waals surface area contributed by atoms with Gasteiger partial charge < -0.3 is 19.4 Å². The molecule has 0 heterocycles. The van der Waals surface area contributed by atoms with Crippen molar-refractivity contribution in [3.8, 4) is 0 Å². The topological polar surface area (TPSA) is 111 Å². The van der Waals surface area contributed by atoms with Gasteiger partial charge >= 0.3 is 13.8 Å². The molecule has 0 aromatic carbocycles. The van der Waals surface area contributed by atoms with Crippen molar-refractivity contribution in [1.29, 1.82) is 0 Å². The third kappa shape index (κ3) is 57.7. The Morgan fingerprint density at radius 2 is 0.831 bits per heavy atom. The first-order chi connectivity index (χ1) is 37.4. The minimum atomic E-state index is -4.46. The SMILES string of the molecule is CC\C=C/C=C/C=C/C=C\C=C\C=C\CCCCCC(=O)OC(/C=C/CCCCCCCCCCCCC)C(COP(=O)(O)OCC[N+](C)(C)C)NC(=O)CCCCCCCCCCCCCCCCCCCCCCC. The fourth-order valence-corrected chi connectivity index (χ4v) is 9.83. The second-order valence-corrected chi connectivity index (χ2v) is 24.2. The van der Waals surface area contributed by atoms with Crippen molar-refractivity contribution in [2.75, 3.05) is 40.9 Å². The predicted octanol–water partition coefficient (Wildman–Crippen LogP) is 19.8. The van der Waals surface area contributed by atoms with Gasteiger partial charge in [0.05, 0.1) is 33.8 Å². The number of amides is 1. The van der Waals surface area contributed by atoms with E-state index < -0.39 is 20.0 Å². The molecule has 0 saturated carbocycles. The van der Waals surface area contributed by atoms with Gasteiger partial charge in [-0.05, 0) is 51.0 Å². The molecule has 0 saturated heterocycles. The summed E-state index contributed by atoms with van der Waals surface area (Å²) >= 11 is 0. The largest absolute Gasteiger partial charge is 0.472 e. The number of esters is 1. The fraction of sp³-hybridized carbons (Fsp3) is 0.761. The molecule has 0 aromatic rings. The van der Waals surface area contributed by atoms with Gasteiger partial charge in [0.25, 0.3) is 0 Å². The third-order valence-corrected chi connectivity index (χ3v) is 15.0. The van der Waals surface area contributed by atoms with E-state index in [0.29, 0.717) is 23.9 Å². The average molecular weight is 1100 g/mol. The Bertz CT molecular complexity index is 1590. The van der Waals surface area contributed by atoms with Crippen LogP contribution in [-0.2, 0) is 27.9 Å². The van der Waals surface area contributed by atoms with Crippen LogP contribution in [0.15, 0.2) is 85.1 Å². The first-order valence-corrected chi connectivity index (χ1v) is 33.5. The molecule has 0 spiro atoms. The summed E-state index contributed by atoms with van der Waals surface area (Å²) in [6.07, 6.45) is 74.4. The summed E-state index contributed by atoms with van der Waals surface area (Å²) in [6, 6.07) is -0.869. The van der Waals surface area contributed by atoms with E-state index in [4.69, 9.17) is 13.8 Å². The predicted molar refractivity (Wildman–Crippen MR) is 332 cm³/mol. The summed E-state index contributed by atoms with van der Waals surface area (Å²) in [7, 11) is 1.47. The maximum absolute atomic E-state index is 13.6. The highest BCUT2D eigenvalue weighted by atomic mass is 31.2. The molecular formula is C67H122N2O7P+. The third-order valence-electron chi connectivity index (χ3n) is 14.0. The molecule has 0 fully saturated rings. The molecule has 0 aromatic heterocycles. The fourth-order valence-electron chi connectivity index (χ4n) is 9.09. The van der Waals surface area contributed by atoms with Crippen molar-refractivity contribution >= 4 is 19.7 Å². The Labute approximate surface area is 476 Å². The zero-order chi connectivity index (χ0) is 56.4. The van der Waals surface area contributed by atoms with E-state index in [1.54, 1.807) is 0 Å². The van der Waals surface area contributed by atoms with Gasteiger partial charge in [-0.1, -0.05) is 299 Å². The van der Waals surface area contributed by atoms with Crippen LogP contribution in [0, 0.1) is 0 Å². The quantitative estimate of drug-likeness (QED) is 0.0156. The summed E-state index contributed by atoms with van der Waals surface area (Å²) in [5.41, 5.74) is 0. The van der Waals surface area contributed by atoms with Gasteiger partial charge in [-0.3, -0.25) is 18.6 Å². The van der Waals surface area contributed by atoms with Crippen molar-refractivity contribution < 1.29 is 37.3 Å². The van der Waals surface area contributed by atoms with Crippen LogP contribution in [0.3, 0.4) is 0 Å². The molecule has 1 amide bonds. The number of rotatable bonds is 57. The lowest BCUT2D eigenvalue weighted by Gasteiger charge is -2.27. The van der Waals surface area contributed by atoms with Crippen LogP contribution < -0.4 is 5.32 Å². The van der Waals surface area contributed by atoms with Crippen molar-refractivity contribution in [2.24, 2.45) is 0 Å². The number of allylic oxidation sites excluding steroid dienone is 13. The molecule has 77 heavy (non-hydrogen) atoms. The van der Waals surface area contributed by atoms with Crippen LogP contribution in [0.5, 0.6) is 0 Å². The Morgan fingerprint density at radius 1 is 0.468 bits per heavy atom. The van der Waals surface area contributed by atoms with E-state index >= 15 is 0 Å². The molecule has 446 valence electrons. The lowest BCUT2D eigenvalue weighted by molar-refractivity contribution is -0.870. The summed E-state index contributed by atoms with van der Waals surface area (Å²) in [5, 5.41) is 3.05. The Balaban J connectivity index is 5.29. The van der Waals surface area contributed by atoms with Gasteiger partial charge in [-0.25, -0.2) is 4.57 Å². The number of hydrogen-bond acceptors (Lipinski definition) is 6. The minimum Gasteiger partial charge on any atom is -0.456 e. The summed E-state index contributed by atoms with van der Waals surface area (Å²) in [5.74, 6) is -0.550. The van der Waals surface area contributed by atoms with Crippen LogP contribution in [0.2, 0.25) is 0 Å². The normalized spacial score (nSPS) is 14.2. The lowest BCUT2D eigenvalue weighted by Crippen LogP contribution is -2.47. The monoisotopic (exact) mass is 1100 g/mol. The van der Waals surface area contributed by atoms with E-state index in [1.165, 1.54) is 173 Å². The van der Waals surface area contributed by atoms with Gasteiger partial charge in [-0.15, -0.1) is 0 Å². The smallest absolute Gasteiger partial charge is 0.456 e. The van der Waals surface area contributed by atoms with Crippen molar-refractivity contribution in [3.63, 3.8) is 0 Å². The minimum absolute atomic E-state index is 0.0304. The average Bonchev–Trinajstić information content (AvgIpc) is 3.39. The molecule has 10 heteroatoms. The van der Waals surface area contributed by atoms with Gasteiger partial charge in [0.2, 0.25) is 5.91 Å². The van der Waals surface area contributed by atoms with Gasteiger partial charge in [-0.2, -0.15) is 0 Å². The highest BCUT2D eigenvalue weighted by Gasteiger charge is 2.30. The van der Waals surface area contributed by atoms with Gasteiger partial charge in [0.15, 0.2) is 0 Å². The molecular weight excluding hydrogens is 976 g/mol. The lowest BCUT2D eigenvalue weighted by atomic mass is 10.0. The second kappa shape index (κ2) is 56.5. The number of quaternary nitrogens is 1. The van der Waals surface area contributed by atoms with Crippen molar-refractivity contribution in [3.05, 3.63) is 85.1 Å². The summed E-state index contributed by atoms with van der Waals surface area (Å²) < 4.78 is 30.7. The van der Waals surface area contributed by atoms with Crippen LogP contribution in [-0.4, -0.2) is 74.3 Å². The maximum Gasteiger partial charge on any atom is 0.472 e. The Kier molecular flexibility index (Phi) is 54.4. The second-order valence-electron chi connectivity index (χ2n) is 22.7. The van der Waals surface area contributed by atoms with Crippen LogP contribution >= 0.6 is 7.82 Å². The van der Waals surface area contributed by atoms with Crippen molar-refractivity contribution in [1.82, 2.24) is 5.32 Å². The number of likely N-dealkylation sites (N-methyl/N-ethyl adjacent to an activating group) is 1. The summed E-state index contributed by atoms with van der Waals surface area (Å²) in [4.78, 5) is 37.7. The number of ether oxygens (including phenoxy) is 1. The Morgan fingerprint density at radius 3 is 1.26 bits per heavy atom. The van der Waals surface area contributed by atoms with Crippen LogP contribution in [0.4, 0.5) is 0 Å². The molecule has 0 bridgehead atoms. The van der Waals surface area contributed by atoms with E-state index in [2.05, 4.69) is 38.2 Å². The van der Waals surface area contributed by atoms with Crippen LogP contribution in [0.25, 0.3) is 0 Å². The highest BCUT2D eigenvalue weighted by Crippen LogP contribution is 2.43.